The zero-order valence-electron chi connectivity index (χ0n) is 5.07. The van der Waals surface area contributed by atoms with E-state index in [4.69, 9.17) is 5.11 Å². The predicted molar refractivity (Wildman–Crippen MR) is 30.3 cm³/mol. The molecule has 0 spiro atoms. The fourth-order valence-electron chi connectivity index (χ4n) is 0.303. The van der Waals surface area contributed by atoms with E-state index < -0.39 is 5.91 Å². The molecule has 0 aromatic heterocycles. The molecule has 0 aromatic rings. The number of hydrogen-bond acceptors (Lipinski definition) is 4. The summed E-state index contributed by atoms with van der Waals surface area (Å²) < 4.78 is 0. The molecule has 0 saturated heterocycles. The molecule has 0 aliphatic heterocycles. The van der Waals surface area contributed by atoms with E-state index in [1.54, 1.807) is 0 Å². The van der Waals surface area contributed by atoms with Crippen molar-refractivity contribution in [1.29, 1.82) is 0 Å². The summed E-state index contributed by atoms with van der Waals surface area (Å²) in [5.41, 5.74) is 0. The Hall–Kier alpha value is -0.970. The highest BCUT2D eigenvalue weighted by molar-refractivity contribution is 5.75. The molecule has 0 fully saturated rings. The zero-order chi connectivity index (χ0) is 7.28. The van der Waals surface area contributed by atoms with E-state index in [2.05, 4.69) is 5.29 Å². The Labute approximate surface area is 52.2 Å². The molecule has 0 rings (SSSR count). The molecule has 0 heterocycles. The molecule has 0 aliphatic carbocycles. The number of aliphatic hydroxyl groups is 1. The standard InChI is InChI=1S/C4H8N2O3/c1-6(5-9)4(8)2-3-7/h7H,2-3H2,1H3. The van der Waals surface area contributed by atoms with Crippen LogP contribution in [0.25, 0.3) is 0 Å². The van der Waals surface area contributed by atoms with Crippen LogP contribution in [0, 0.1) is 4.91 Å². The lowest BCUT2D eigenvalue weighted by molar-refractivity contribution is -0.130. The van der Waals surface area contributed by atoms with E-state index in [0.29, 0.717) is 5.01 Å². The summed E-state index contributed by atoms with van der Waals surface area (Å²) >= 11 is 0. The number of aliphatic hydroxyl groups excluding tert-OH is 1. The number of carbonyl (C=O) groups excluding carboxylic acids is 1. The van der Waals surface area contributed by atoms with E-state index in [9.17, 15) is 9.70 Å². The van der Waals surface area contributed by atoms with Crippen molar-refractivity contribution in [3.63, 3.8) is 0 Å². The van der Waals surface area contributed by atoms with Gasteiger partial charge in [0, 0.05) is 7.05 Å². The van der Waals surface area contributed by atoms with Gasteiger partial charge in [-0.2, -0.15) is 5.01 Å². The Morgan fingerprint density at radius 2 is 2.33 bits per heavy atom. The summed E-state index contributed by atoms with van der Waals surface area (Å²) in [6.45, 7) is -0.251. The summed E-state index contributed by atoms with van der Waals surface area (Å²) in [6.07, 6.45) is -0.0533. The summed E-state index contributed by atoms with van der Waals surface area (Å²) in [5, 5.41) is 11.2. The highest BCUT2D eigenvalue weighted by Crippen LogP contribution is 1.88. The molecular formula is C4H8N2O3. The molecule has 5 nitrogen and oxygen atoms in total. The van der Waals surface area contributed by atoms with Crippen LogP contribution in [-0.2, 0) is 4.79 Å². The van der Waals surface area contributed by atoms with Gasteiger partial charge < -0.3 is 5.11 Å². The van der Waals surface area contributed by atoms with Gasteiger partial charge in [0.2, 0.25) is 5.91 Å². The van der Waals surface area contributed by atoms with E-state index in [1.807, 2.05) is 0 Å². The quantitative estimate of drug-likeness (QED) is 0.416. The van der Waals surface area contributed by atoms with Gasteiger partial charge in [0.15, 0.2) is 0 Å². The number of rotatable bonds is 3. The van der Waals surface area contributed by atoms with Crippen LogP contribution in [0.4, 0.5) is 0 Å². The molecule has 0 bridgehead atoms. The SMILES string of the molecule is CN(N=O)C(=O)CCO. The Morgan fingerprint density at radius 1 is 1.78 bits per heavy atom. The third kappa shape index (κ3) is 2.76. The Kier molecular flexibility index (Phi) is 3.54. The van der Waals surface area contributed by atoms with Gasteiger partial charge in [0.05, 0.1) is 18.3 Å². The van der Waals surface area contributed by atoms with Gasteiger partial charge in [-0.1, -0.05) is 0 Å². The average molecular weight is 132 g/mol. The van der Waals surface area contributed by atoms with Crippen LogP contribution in [0.3, 0.4) is 0 Å². The second-order valence-electron chi connectivity index (χ2n) is 1.47. The first-order valence-electron chi connectivity index (χ1n) is 2.43. The first-order valence-corrected chi connectivity index (χ1v) is 2.43. The van der Waals surface area contributed by atoms with Crippen molar-refractivity contribution in [3.8, 4) is 0 Å². The Morgan fingerprint density at radius 3 is 2.67 bits per heavy atom. The summed E-state index contributed by atoms with van der Waals surface area (Å²) in [5.74, 6) is -0.479. The van der Waals surface area contributed by atoms with Gasteiger partial charge in [0.1, 0.15) is 0 Å². The molecule has 9 heavy (non-hydrogen) atoms. The monoisotopic (exact) mass is 132 g/mol. The van der Waals surface area contributed by atoms with Crippen molar-refractivity contribution in [2.75, 3.05) is 13.7 Å². The number of hydrogen-bond donors (Lipinski definition) is 1. The molecular weight excluding hydrogens is 124 g/mol. The highest BCUT2D eigenvalue weighted by Gasteiger charge is 2.05. The Balaban J connectivity index is 3.58. The lowest BCUT2D eigenvalue weighted by Gasteiger charge is -2.02. The summed E-state index contributed by atoms with van der Waals surface area (Å²) in [7, 11) is 1.24. The van der Waals surface area contributed by atoms with Crippen molar-refractivity contribution in [2.24, 2.45) is 5.29 Å². The minimum atomic E-state index is -0.479. The fraction of sp³-hybridized carbons (Fsp3) is 0.750. The second kappa shape index (κ2) is 3.96. The summed E-state index contributed by atoms with van der Waals surface area (Å²) in [4.78, 5) is 20.0. The van der Waals surface area contributed by atoms with Crippen LogP contribution in [0.15, 0.2) is 5.29 Å². The average Bonchev–Trinajstić information content (AvgIpc) is 1.87. The minimum absolute atomic E-state index is 0.0533. The molecule has 0 aromatic carbocycles. The number of amides is 1. The normalized spacial score (nSPS) is 8.67. The van der Waals surface area contributed by atoms with Crippen LogP contribution in [0.5, 0.6) is 0 Å². The van der Waals surface area contributed by atoms with Gasteiger partial charge in [-0.3, -0.25) is 4.79 Å². The van der Waals surface area contributed by atoms with Crippen LogP contribution < -0.4 is 0 Å². The first-order chi connectivity index (χ1) is 4.22. The van der Waals surface area contributed by atoms with Crippen molar-refractivity contribution >= 4 is 5.91 Å². The van der Waals surface area contributed by atoms with Crippen molar-refractivity contribution in [3.05, 3.63) is 4.91 Å². The topological polar surface area (TPSA) is 70.0 Å². The van der Waals surface area contributed by atoms with Gasteiger partial charge in [-0.25, -0.2) is 0 Å². The van der Waals surface area contributed by atoms with Gasteiger partial charge in [-0.15, -0.1) is 4.91 Å². The lowest BCUT2D eigenvalue weighted by atomic mass is 10.4. The van der Waals surface area contributed by atoms with Gasteiger partial charge in [0.25, 0.3) is 0 Å². The number of carbonyl (C=O) groups is 1. The van der Waals surface area contributed by atoms with Crippen molar-refractivity contribution in [2.45, 2.75) is 6.42 Å². The van der Waals surface area contributed by atoms with E-state index in [-0.39, 0.29) is 13.0 Å². The van der Waals surface area contributed by atoms with Gasteiger partial charge in [-0.05, 0) is 0 Å². The maximum absolute atomic E-state index is 10.4. The number of nitroso groups, excluding NO2 is 1. The molecule has 0 aliphatic rings. The maximum Gasteiger partial charge on any atom is 0.247 e. The molecule has 1 amide bonds. The molecule has 5 heteroatoms. The van der Waals surface area contributed by atoms with Crippen LogP contribution in [0.2, 0.25) is 0 Å². The maximum atomic E-state index is 10.4. The van der Waals surface area contributed by atoms with E-state index in [1.165, 1.54) is 7.05 Å². The van der Waals surface area contributed by atoms with Gasteiger partial charge >= 0.3 is 0 Å². The smallest absolute Gasteiger partial charge is 0.247 e. The van der Waals surface area contributed by atoms with E-state index in [0.717, 1.165) is 0 Å². The van der Waals surface area contributed by atoms with Crippen LogP contribution in [-0.4, -0.2) is 29.7 Å². The first kappa shape index (κ1) is 8.03. The fourth-order valence-corrected chi connectivity index (χ4v) is 0.303. The van der Waals surface area contributed by atoms with Crippen LogP contribution in [0.1, 0.15) is 6.42 Å². The van der Waals surface area contributed by atoms with Crippen LogP contribution >= 0.6 is 0 Å². The minimum Gasteiger partial charge on any atom is -0.396 e. The summed E-state index contributed by atoms with van der Waals surface area (Å²) in [6, 6.07) is 0. The molecule has 0 saturated carbocycles. The largest absolute Gasteiger partial charge is 0.396 e. The Bertz CT molecular complexity index is 114. The highest BCUT2D eigenvalue weighted by atomic mass is 16.3. The van der Waals surface area contributed by atoms with Crippen molar-refractivity contribution in [1.82, 2.24) is 5.01 Å². The lowest BCUT2D eigenvalue weighted by Crippen LogP contribution is -2.20. The third-order valence-corrected chi connectivity index (χ3v) is 0.809. The second-order valence-corrected chi connectivity index (χ2v) is 1.47. The predicted octanol–water partition coefficient (Wildman–Crippen LogP) is -0.491. The number of nitrogens with zero attached hydrogens (tertiary/aromatic N) is 2. The molecule has 0 atom stereocenters. The third-order valence-electron chi connectivity index (χ3n) is 0.809. The molecule has 1 N–H and O–H groups in total. The molecule has 0 radical (unpaired) electrons. The molecule has 52 valence electrons. The molecule has 0 unspecified atom stereocenters. The van der Waals surface area contributed by atoms with Crippen molar-refractivity contribution < 1.29 is 9.90 Å². The van der Waals surface area contributed by atoms with E-state index >= 15 is 0 Å². The zero-order valence-corrected chi connectivity index (χ0v) is 5.07.